The predicted octanol–water partition coefficient (Wildman–Crippen LogP) is 0.726. The highest BCUT2D eigenvalue weighted by Crippen LogP contribution is 2.19. The van der Waals surface area contributed by atoms with E-state index in [2.05, 4.69) is 15.2 Å². The van der Waals surface area contributed by atoms with Crippen molar-refractivity contribution in [2.45, 2.75) is 6.42 Å². The van der Waals surface area contributed by atoms with Crippen molar-refractivity contribution in [1.29, 1.82) is 0 Å². The summed E-state index contributed by atoms with van der Waals surface area (Å²) < 4.78 is 0. The summed E-state index contributed by atoms with van der Waals surface area (Å²) in [4.78, 5) is 17.0. The number of nitrogen functional groups attached to an aromatic ring is 1. The molecule has 0 spiro atoms. The van der Waals surface area contributed by atoms with Gasteiger partial charge < -0.3 is 21.1 Å². The third-order valence-corrected chi connectivity index (χ3v) is 2.30. The second kappa shape index (κ2) is 6.05. The van der Waals surface area contributed by atoms with Crippen LogP contribution in [0.2, 0.25) is 0 Å². The number of nitrogens with one attached hydrogen (secondary N) is 1. The summed E-state index contributed by atoms with van der Waals surface area (Å²) in [5, 5.41) is 11.9. The molecule has 4 N–H and O–H groups in total. The Hall–Kier alpha value is -1.82. The molecule has 17 heavy (non-hydrogen) atoms. The highest BCUT2D eigenvalue weighted by atomic mass is 16.4. The van der Waals surface area contributed by atoms with Gasteiger partial charge in [0, 0.05) is 12.7 Å². The number of carbonyl (C=O) groups is 1. The summed E-state index contributed by atoms with van der Waals surface area (Å²) in [7, 11) is 4.00. The summed E-state index contributed by atoms with van der Waals surface area (Å²) in [5.41, 5.74) is 5.97. The molecule has 0 aliphatic carbocycles. The molecule has 0 unspecified atom stereocenters. The molecule has 0 amide bonds. The van der Waals surface area contributed by atoms with Crippen LogP contribution in [-0.4, -0.2) is 48.1 Å². The Labute approximate surface area is 100 Å². The van der Waals surface area contributed by atoms with Crippen LogP contribution in [0.15, 0.2) is 12.3 Å². The summed E-state index contributed by atoms with van der Waals surface area (Å²) in [6.07, 6.45) is 2.37. The molecule has 0 saturated heterocycles. The van der Waals surface area contributed by atoms with Gasteiger partial charge in [-0.25, -0.2) is 9.78 Å². The molecule has 1 heterocycles. The van der Waals surface area contributed by atoms with Gasteiger partial charge in [-0.1, -0.05) is 0 Å². The van der Waals surface area contributed by atoms with Gasteiger partial charge in [0.2, 0.25) is 0 Å². The minimum absolute atomic E-state index is 0.0788. The van der Waals surface area contributed by atoms with E-state index in [0.29, 0.717) is 12.4 Å². The number of carboxylic acids is 1. The molecule has 0 aromatic carbocycles. The molecule has 94 valence electrons. The summed E-state index contributed by atoms with van der Waals surface area (Å²) >= 11 is 0. The molecule has 0 aliphatic rings. The fourth-order valence-electron chi connectivity index (χ4n) is 1.40. The van der Waals surface area contributed by atoms with E-state index >= 15 is 0 Å². The minimum Gasteiger partial charge on any atom is -0.478 e. The largest absolute Gasteiger partial charge is 0.478 e. The lowest BCUT2D eigenvalue weighted by atomic mass is 10.2. The van der Waals surface area contributed by atoms with Crippen molar-refractivity contribution < 1.29 is 9.90 Å². The number of nitrogens with zero attached hydrogens (tertiary/aromatic N) is 2. The van der Waals surface area contributed by atoms with Crippen molar-refractivity contribution in [1.82, 2.24) is 9.88 Å². The average molecular weight is 238 g/mol. The fourth-order valence-corrected chi connectivity index (χ4v) is 1.40. The van der Waals surface area contributed by atoms with Crippen LogP contribution in [0.1, 0.15) is 16.8 Å². The van der Waals surface area contributed by atoms with E-state index in [1.807, 2.05) is 14.1 Å². The van der Waals surface area contributed by atoms with E-state index < -0.39 is 5.97 Å². The van der Waals surface area contributed by atoms with E-state index in [-0.39, 0.29) is 11.3 Å². The van der Waals surface area contributed by atoms with E-state index in [9.17, 15) is 4.79 Å². The Kier molecular flexibility index (Phi) is 4.71. The summed E-state index contributed by atoms with van der Waals surface area (Å²) in [5.74, 6) is -0.607. The standard InChI is InChI=1S/C11H18N4O2/c1-15(2)7-3-5-13-10-9(12)8(11(16)17)4-6-14-10/h4,6H,3,5,7,12H2,1-2H3,(H,13,14)(H,16,17). The highest BCUT2D eigenvalue weighted by molar-refractivity contribution is 5.96. The topological polar surface area (TPSA) is 91.5 Å². The van der Waals surface area contributed by atoms with E-state index in [0.717, 1.165) is 13.0 Å². The van der Waals surface area contributed by atoms with Gasteiger partial charge in [0.1, 0.15) is 5.82 Å². The van der Waals surface area contributed by atoms with Gasteiger partial charge >= 0.3 is 5.97 Å². The van der Waals surface area contributed by atoms with Crippen LogP contribution in [0, 0.1) is 0 Å². The van der Waals surface area contributed by atoms with Gasteiger partial charge in [0.05, 0.1) is 11.3 Å². The van der Waals surface area contributed by atoms with Crippen LogP contribution in [-0.2, 0) is 0 Å². The van der Waals surface area contributed by atoms with Gasteiger partial charge in [0.25, 0.3) is 0 Å². The number of aromatic nitrogens is 1. The Balaban J connectivity index is 2.59. The van der Waals surface area contributed by atoms with E-state index in [1.54, 1.807) is 0 Å². The number of rotatable bonds is 6. The summed E-state index contributed by atoms with van der Waals surface area (Å²) in [6.45, 7) is 1.66. The molecular formula is C11H18N4O2. The monoisotopic (exact) mass is 238 g/mol. The second-order valence-electron chi connectivity index (χ2n) is 4.01. The molecule has 0 bridgehead atoms. The Morgan fingerprint density at radius 3 is 2.88 bits per heavy atom. The fraction of sp³-hybridized carbons (Fsp3) is 0.455. The number of carboxylic acid groups (broad SMARTS) is 1. The molecule has 0 saturated carbocycles. The smallest absolute Gasteiger partial charge is 0.337 e. The number of pyridine rings is 1. The quantitative estimate of drug-likeness (QED) is 0.633. The lowest BCUT2D eigenvalue weighted by Gasteiger charge is -2.12. The van der Waals surface area contributed by atoms with Crippen LogP contribution in [0.4, 0.5) is 11.5 Å². The molecule has 1 aromatic heterocycles. The van der Waals surface area contributed by atoms with Gasteiger partial charge in [-0.3, -0.25) is 0 Å². The maximum absolute atomic E-state index is 10.9. The molecule has 1 aromatic rings. The van der Waals surface area contributed by atoms with Crippen LogP contribution in [0.25, 0.3) is 0 Å². The second-order valence-corrected chi connectivity index (χ2v) is 4.01. The van der Waals surface area contributed by atoms with Crippen molar-refractivity contribution in [2.24, 2.45) is 0 Å². The van der Waals surface area contributed by atoms with Crippen molar-refractivity contribution in [2.75, 3.05) is 38.2 Å². The molecule has 0 radical (unpaired) electrons. The first-order valence-corrected chi connectivity index (χ1v) is 5.38. The zero-order valence-corrected chi connectivity index (χ0v) is 10.1. The van der Waals surface area contributed by atoms with Crippen LogP contribution >= 0.6 is 0 Å². The molecule has 1 rings (SSSR count). The van der Waals surface area contributed by atoms with Crippen LogP contribution < -0.4 is 11.1 Å². The van der Waals surface area contributed by atoms with E-state index in [1.165, 1.54) is 12.3 Å². The number of hydrogen-bond acceptors (Lipinski definition) is 5. The van der Waals surface area contributed by atoms with Crippen molar-refractivity contribution in [3.8, 4) is 0 Å². The van der Waals surface area contributed by atoms with Crippen molar-refractivity contribution >= 4 is 17.5 Å². The summed E-state index contributed by atoms with van der Waals surface area (Å²) in [6, 6.07) is 1.39. The molecular weight excluding hydrogens is 220 g/mol. The van der Waals surface area contributed by atoms with E-state index in [4.69, 9.17) is 10.8 Å². The molecule has 0 atom stereocenters. The Bertz CT molecular complexity index is 393. The minimum atomic E-state index is -1.04. The normalized spacial score (nSPS) is 10.5. The van der Waals surface area contributed by atoms with Gasteiger partial charge in [-0.05, 0) is 33.1 Å². The first-order chi connectivity index (χ1) is 8.02. The first kappa shape index (κ1) is 13.2. The SMILES string of the molecule is CN(C)CCCNc1nccc(C(=O)O)c1N. The number of anilines is 2. The number of hydrogen-bond donors (Lipinski definition) is 3. The third-order valence-electron chi connectivity index (χ3n) is 2.30. The molecule has 6 nitrogen and oxygen atoms in total. The first-order valence-electron chi connectivity index (χ1n) is 5.38. The van der Waals surface area contributed by atoms with Gasteiger partial charge in [-0.2, -0.15) is 0 Å². The zero-order chi connectivity index (χ0) is 12.8. The van der Waals surface area contributed by atoms with Gasteiger partial charge in [0.15, 0.2) is 0 Å². The lowest BCUT2D eigenvalue weighted by molar-refractivity contribution is 0.0698. The maximum Gasteiger partial charge on any atom is 0.337 e. The molecule has 0 aliphatic heterocycles. The Morgan fingerprint density at radius 1 is 1.59 bits per heavy atom. The number of aromatic carboxylic acids is 1. The lowest BCUT2D eigenvalue weighted by Crippen LogP contribution is -2.17. The van der Waals surface area contributed by atoms with Gasteiger partial charge in [-0.15, -0.1) is 0 Å². The number of nitrogens with two attached hydrogens (primary N) is 1. The zero-order valence-electron chi connectivity index (χ0n) is 10.1. The third kappa shape index (κ3) is 3.92. The Morgan fingerprint density at radius 2 is 2.29 bits per heavy atom. The van der Waals surface area contributed by atoms with Crippen molar-refractivity contribution in [3.05, 3.63) is 17.8 Å². The highest BCUT2D eigenvalue weighted by Gasteiger charge is 2.11. The average Bonchev–Trinajstić information content (AvgIpc) is 2.25. The van der Waals surface area contributed by atoms with Crippen LogP contribution in [0.5, 0.6) is 0 Å². The van der Waals surface area contributed by atoms with Crippen LogP contribution in [0.3, 0.4) is 0 Å². The predicted molar refractivity (Wildman–Crippen MR) is 67.3 cm³/mol. The van der Waals surface area contributed by atoms with Crippen molar-refractivity contribution in [3.63, 3.8) is 0 Å². The molecule has 6 heteroatoms. The molecule has 0 fully saturated rings. The maximum atomic E-state index is 10.9.